The Bertz CT molecular complexity index is 931. The van der Waals surface area contributed by atoms with E-state index in [0.29, 0.717) is 18.0 Å². The van der Waals surface area contributed by atoms with E-state index in [2.05, 4.69) is 10.6 Å². The number of urea groups is 1. The van der Waals surface area contributed by atoms with Crippen LogP contribution in [0.3, 0.4) is 0 Å². The van der Waals surface area contributed by atoms with E-state index in [0.717, 1.165) is 11.1 Å². The van der Waals surface area contributed by atoms with Gasteiger partial charge in [0.25, 0.3) is 5.91 Å². The Morgan fingerprint density at radius 3 is 2.69 bits per heavy atom. The van der Waals surface area contributed by atoms with E-state index in [1.165, 1.54) is 4.90 Å². The predicted octanol–water partition coefficient (Wildman–Crippen LogP) is 1.93. The van der Waals surface area contributed by atoms with E-state index >= 15 is 0 Å². The van der Waals surface area contributed by atoms with Crippen LogP contribution in [0, 0.1) is 0 Å². The second kappa shape index (κ2) is 8.22. The van der Waals surface area contributed by atoms with Gasteiger partial charge in [0, 0.05) is 13.0 Å². The van der Waals surface area contributed by atoms with Gasteiger partial charge in [0.15, 0.2) is 11.5 Å². The van der Waals surface area contributed by atoms with Crippen LogP contribution in [0.4, 0.5) is 4.79 Å². The number of imide groups is 1. The van der Waals surface area contributed by atoms with Gasteiger partial charge in [-0.25, -0.2) is 4.79 Å². The maximum Gasteiger partial charge on any atom is 0.325 e. The molecule has 4 rings (SSSR count). The molecule has 0 unspecified atom stereocenters. The van der Waals surface area contributed by atoms with Crippen molar-refractivity contribution in [3.05, 3.63) is 59.7 Å². The zero-order valence-corrected chi connectivity index (χ0v) is 15.7. The Morgan fingerprint density at radius 2 is 1.86 bits per heavy atom. The first-order valence-electron chi connectivity index (χ1n) is 9.41. The summed E-state index contributed by atoms with van der Waals surface area (Å²) in [6, 6.07) is 13.7. The Kier molecular flexibility index (Phi) is 5.33. The molecule has 8 nitrogen and oxygen atoms in total. The quantitative estimate of drug-likeness (QED) is 0.699. The van der Waals surface area contributed by atoms with Gasteiger partial charge in [-0.05, 0) is 29.7 Å². The third kappa shape index (κ3) is 4.31. The summed E-state index contributed by atoms with van der Waals surface area (Å²) in [5.41, 5.74) is 1.76. The molecule has 0 aromatic heterocycles. The third-order valence-electron chi connectivity index (χ3n) is 4.88. The molecule has 29 heavy (non-hydrogen) atoms. The number of benzene rings is 2. The highest BCUT2D eigenvalue weighted by atomic mass is 16.7. The average molecular weight is 395 g/mol. The zero-order valence-electron chi connectivity index (χ0n) is 15.7. The number of nitrogens with zero attached hydrogens (tertiary/aromatic N) is 1. The van der Waals surface area contributed by atoms with Crippen molar-refractivity contribution >= 4 is 17.8 Å². The van der Waals surface area contributed by atoms with Crippen LogP contribution in [0.2, 0.25) is 0 Å². The summed E-state index contributed by atoms with van der Waals surface area (Å²) in [6.45, 7) is 0.770. The fraction of sp³-hybridized carbons (Fsp3) is 0.286. The van der Waals surface area contributed by atoms with E-state index in [1.807, 2.05) is 42.5 Å². The number of carbonyl (C=O) groups is 3. The molecule has 2 heterocycles. The van der Waals surface area contributed by atoms with Crippen LogP contribution >= 0.6 is 0 Å². The van der Waals surface area contributed by atoms with E-state index in [4.69, 9.17) is 9.47 Å². The van der Waals surface area contributed by atoms with Crippen LogP contribution in [0.1, 0.15) is 24.0 Å². The summed E-state index contributed by atoms with van der Waals surface area (Å²) in [5, 5.41) is 5.48. The van der Waals surface area contributed by atoms with Gasteiger partial charge in [-0.3, -0.25) is 14.5 Å². The number of rotatable bonds is 7. The van der Waals surface area contributed by atoms with Crippen molar-refractivity contribution in [3.8, 4) is 11.5 Å². The Balaban J connectivity index is 1.25. The van der Waals surface area contributed by atoms with Crippen molar-refractivity contribution in [2.24, 2.45) is 0 Å². The van der Waals surface area contributed by atoms with Crippen LogP contribution in [0.5, 0.6) is 11.5 Å². The molecule has 2 aliphatic heterocycles. The highest BCUT2D eigenvalue weighted by molar-refractivity contribution is 6.04. The Hall–Kier alpha value is -3.55. The van der Waals surface area contributed by atoms with Crippen LogP contribution in [-0.2, 0) is 22.7 Å². The van der Waals surface area contributed by atoms with E-state index in [1.54, 1.807) is 6.07 Å². The first-order chi connectivity index (χ1) is 14.1. The maximum absolute atomic E-state index is 12.5. The second-order valence-corrected chi connectivity index (χ2v) is 6.92. The smallest absolute Gasteiger partial charge is 0.325 e. The molecule has 0 radical (unpaired) electrons. The van der Waals surface area contributed by atoms with Gasteiger partial charge >= 0.3 is 6.03 Å². The molecule has 8 heteroatoms. The van der Waals surface area contributed by atoms with Gasteiger partial charge in [0.05, 0.1) is 6.54 Å². The fourth-order valence-corrected chi connectivity index (χ4v) is 3.30. The minimum atomic E-state index is -0.678. The molecule has 2 aromatic rings. The topological polar surface area (TPSA) is 97.0 Å². The van der Waals surface area contributed by atoms with Gasteiger partial charge in [-0.1, -0.05) is 36.4 Å². The lowest BCUT2D eigenvalue weighted by molar-refractivity contribution is -0.128. The second-order valence-electron chi connectivity index (χ2n) is 6.92. The molecule has 1 atom stereocenters. The zero-order chi connectivity index (χ0) is 20.2. The lowest BCUT2D eigenvalue weighted by Gasteiger charge is -2.13. The number of nitrogens with one attached hydrogen (secondary N) is 2. The molecule has 2 aromatic carbocycles. The highest BCUT2D eigenvalue weighted by Gasteiger charge is 2.37. The van der Waals surface area contributed by atoms with Crippen LogP contribution in [-0.4, -0.2) is 35.6 Å². The number of amides is 4. The van der Waals surface area contributed by atoms with Crippen molar-refractivity contribution < 1.29 is 23.9 Å². The normalized spacial score (nSPS) is 17.4. The SMILES string of the molecule is O=C(CC[C@@H]1NC(=O)N(Cc2ccccc2)C1=O)NCc1ccc2c(c1)OCO2. The minimum Gasteiger partial charge on any atom is -0.454 e. The number of fused-ring (bicyclic) bond motifs is 1. The molecule has 2 N–H and O–H groups in total. The summed E-state index contributed by atoms with van der Waals surface area (Å²) >= 11 is 0. The van der Waals surface area contributed by atoms with Crippen LogP contribution in [0.25, 0.3) is 0 Å². The number of ether oxygens (including phenoxy) is 2. The lowest BCUT2D eigenvalue weighted by atomic mass is 10.1. The van der Waals surface area contributed by atoms with Crippen molar-refractivity contribution in [3.63, 3.8) is 0 Å². The number of hydrogen-bond donors (Lipinski definition) is 2. The summed E-state index contributed by atoms with van der Waals surface area (Å²) in [5.74, 6) is 0.860. The summed E-state index contributed by atoms with van der Waals surface area (Å²) in [4.78, 5) is 38.0. The van der Waals surface area contributed by atoms with Gasteiger partial charge in [0.1, 0.15) is 6.04 Å². The average Bonchev–Trinajstić information content (AvgIpc) is 3.31. The monoisotopic (exact) mass is 395 g/mol. The summed E-state index contributed by atoms with van der Waals surface area (Å²) in [7, 11) is 0. The molecule has 0 bridgehead atoms. The van der Waals surface area contributed by atoms with Crippen LogP contribution in [0.15, 0.2) is 48.5 Å². The van der Waals surface area contributed by atoms with E-state index in [-0.39, 0.29) is 38.0 Å². The molecule has 0 saturated carbocycles. The lowest BCUT2D eigenvalue weighted by Crippen LogP contribution is -2.32. The van der Waals surface area contributed by atoms with Gasteiger partial charge < -0.3 is 20.1 Å². The van der Waals surface area contributed by atoms with Gasteiger partial charge in [-0.2, -0.15) is 0 Å². The standard InChI is InChI=1S/C21H21N3O5/c25-19(22-11-15-6-8-17-18(10-15)29-13-28-17)9-7-16-20(26)24(21(27)23-16)12-14-4-2-1-3-5-14/h1-6,8,10,16H,7,9,11-13H2,(H,22,25)(H,23,27)/t16-/m0/s1. The molecule has 1 saturated heterocycles. The van der Waals surface area contributed by atoms with Crippen molar-refractivity contribution in [1.29, 1.82) is 0 Å². The molecule has 4 amide bonds. The molecule has 0 spiro atoms. The molecule has 150 valence electrons. The first-order valence-corrected chi connectivity index (χ1v) is 9.41. The Morgan fingerprint density at radius 1 is 1.07 bits per heavy atom. The van der Waals surface area contributed by atoms with Gasteiger partial charge in [0.2, 0.25) is 12.7 Å². The van der Waals surface area contributed by atoms with Crippen molar-refractivity contribution in [2.75, 3.05) is 6.79 Å². The first kappa shape index (κ1) is 18.8. The number of hydrogen-bond acceptors (Lipinski definition) is 5. The molecular formula is C21H21N3O5. The highest BCUT2D eigenvalue weighted by Crippen LogP contribution is 2.32. The fourth-order valence-electron chi connectivity index (χ4n) is 3.30. The third-order valence-corrected chi connectivity index (χ3v) is 4.88. The molecule has 1 fully saturated rings. The summed E-state index contributed by atoms with van der Waals surface area (Å²) < 4.78 is 10.6. The minimum absolute atomic E-state index is 0.139. The number of carbonyl (C=O) groups excluding carboxylic acids is 3. The Labute approximate surface area is 167 Å². The maximum atomic E-state index is 12.5. The van der Waals surface area contributed by atoms with Crippen LogP contribution < -0.4 is 20.1 Å². The van der Waals surface area contributed by atoms with E-state index in [9.17, 15) is 14.4 Å². The summed E-state index contributed by atoms with van der Waals surface area (Å²) in [6.07, 6.45) is 0.392. The molecule has 2 aliphatic rings. The molecular weight excluding hydrogens is 374 g/mol. The predicted molar refractivity (Wildman–Crippen MR) is 103 cm³/mol. The van der Waals surface area contributed by atoms with E-state index < -0.39 is 12.1 Å². The van der Waals surface area contributed by atoms with Crippen molar-refractivity contribution in [2.45, 2.75) is 32.0 Å². The van der Waals surface area contributed by atoms with Gasteiger partial charge in [-0.15, -0.1) is 0 Å². The van der Waals surface area contributed by atoms with Crippen molar-refractivity contribution in [1.82, 2.24) is 15.5 Å². The molecule has 0 aliphatic carbocycles. The largest absolute Gasteiger partial charge is 0.454 e.